The normalized spacial score (nSPS) is 10.4. The van der Waals surface area contributed by atoms with Crippen LogP contribution < -0.4 is 5.32 Å². The van der Waals surface area contributed by atoms with Gasteiger partial charge in [0.2, 0.25) is 0 Å². The number of nitrogens with one attached hydrogen (secondary N) is 2. The van der Waals surface area contributed by atoms with Crippen LogP contribution in [0.4, 0.5) is 5.69 Å². The molecule has 6 nitrogen and oxygen atoms in total. The third-order valence-electron chi connectivity index (χ3n) is 3.24. The lowest BCUT2D eigenvalue weighted by molar-refractivity contribution is 0.0600. The van der Waals surface area contributed by atoms with E-state index >= 15 is 0 Å². The summed E-state index contributed by atoms with van der Waals surface area (Å²) in [5.74, 6) is -0.728. The molecule has 2 aromatic heterocycles. The zero-order chi connectivity index (χ0) is 15.5. The monoisotopic (exact) mass is 295 g/mol. The lowest BCUT2D eigenvalue weighted by Crippen LogP contribution is -2.12. The Bertz CT molecular complexity index is 854. The molecule has 3 rings (SSSR count). The molecule has 0 radical (unpaired) electrons. The Kier molecular flexibility index (Phi) is 3.57. The van der Waals surface area contributed by atoms with Gasteiger partial charge >= 0.3 is 5.97 Å². The molecule has 110 valence electrons. The topological polar surface area (TPSA) is 84.1 Å². The number of benzene rings is 1. The van der Waals surface area contributed by atoms with Crippen molar-refractivity contribution in [3.63, 3.8) is 0 Å². The minimum Gasteiger partial charge on any atom is -0.465 e. The third kappa shape index (κ3) is 2.54. The van der Waals surface area contributed by atoms with E-state index in [1.807, 2.05) is 6.07 Å². The summed E-state index contributed by atoms with van der Waals surface area (Å²) in [6, 6.07) is 10.2. The fraction of sp³-hybridized carbons (Fsp3) is 0.0625. The van der Waals surface area contributed by atoms with Crippen molar-refractivity contribution in [1.82, 2.24) is 9.97 Å². The predicted molar refractivity (Wildman–Crippen MR) is 81.8 cm³/mol. The Morgan fingerprint density at radius 2 is 2.09 bits per heavy atom. The van der Waals surface area contributed by atoms with Gasteiger partial charge in [0.15, 0.2) is 0 Å². The number of anilines is 1. The van der Waals surface area contributed by atoms with Crippen molar-refractivity contribution in [2.45, 2.75) is 0 Å². The molecule has 3 aromatic rings. The second kappa shape index (κ2) is 5.69. The maximum absolute atomic E-state index is 12.4. The van der Waals surface area contributed by atoms with Crippen molar-refractivity contribution < 1.29 is 14.3 Å². The number of esters is 1. The molecule has 1 amide bonds. The maximum Gasteiger partial charge on any atom is 0.337 e. The summed E-state index contributed by atoms with van der Waals surface area (Å²) < 4.78 is 4.66. The van der Waals surface area contributed by atoms with E-state index in [-0.39, 0.29) is 5.91 Å². The Labute approximate surface area is 126 Å². The number of ether oxygens (including phenoxy) is 1. The number of hydrogen-bond donors (Lipinski definition) is 2. The van der Waals surface area contributed by atoms with Crippen LogP contribution in [0, 0.1) is 0 Å². The van der Waals surface area contributed by atoms with E-state index in [0.29, 0.717) is 22.5 Å². The zero-order valence-electron chi connectivity index (χ0n) is 11.8. The van der Waals surface area contributed by atoms with E-state index in [1.54, 1.807) is 42.7 Å². The van der Waals surface area contributed by atoms with Crippen molar-refractivity contribution in [2.75, 3.05) is 12.4 Å². The maximum atomic E-state index is 12.4. The summed E-state index contributed by atoms with van der Waals surface area (Å²) in [5.41, 5.74) is 2.04. The van der Waals surface area contributed by atoms with E-state index in [1.165, 1.54) is 7.11 Å². The molecule has 22 heavy (non-hydrogen) atoms. The van der Waals surface area contributed by atoms with Gasteiger partial charge in [-0.2, -0.15) is 0 Å². The number of hydrogen-bond acceptors (Lipinski definition) is 4. The van der Waals surface area contributed by atoms with E-state index in [2.05, 4.69) is 20.0 Å². The molecule has 0 bridgehead atoms. The van der Waals surface area contributed by atoms with Gasteiger partial charge in [-0.05, 0) is 30.3 Å². The minimum absolute atomic E-state index is 0.277. The molecule has 0 aliphatic rings. The van der Waals surface area contributed by atoms with Crippen molar-refractivity contribution >= 4 is 28.6 Å². The molecule has 2 N–H and O–H groups in total. The van der Waals surface area contributed by atoms with Gasteiger partial charge in [-0.25, -0.2) is 9.78 Å². The molecular formula is C16H13N3O3. The van der Waals surface area contributed by atoms with Gasteiger partial charge in [-0.15, -0.1) is 0 Å². The van der Waals surface area contributed by atoms with E-state index < -0.39 is 5.97 Å². The van der Waals surface area contributed by atoms with Crippen LogP contribution in [-0.4, -0.2) is 29.0 Å². The summed E-state index contributed by atoms with van der Waals surface area (Å²) in [4.78, 5) is 31.0. The molecule has 0 aliphatic carbocycles. The summed E-state index contributed by atoms with van der Waals surface area (Å²) in [5, 5.41) is 3.50. The van der Waals surface area contributed by atoms with Gasteiger partial charge in [-0.3, -0.25) is 4.79 Å². The third-order valence-corrected chi connectivity index (χ3v) is 3.24. The van der Waals surface area contributed by atoms with Crippen LogP contribution in [0.3, 0.4) is 0 Å². The first-order valence-corrected chi connectivity index (χ1v) is 6.61. The van der Waals surface area contributed by atoms with Gasteiger partial charge in [0, 0.05) is 23.5 Å². The lowest BCUT2D eigenvalue weighted by atomic mass is 10.1. The molecule has 0 saturated carbocycles. The van der Waals surface area contributed by atoms with Crippen LogP contribution in [0.25, 0.3) is 11.0 Å². The van der Waals surface area contributed by atoms with Crippen LogP contribution in [0.1, 0.15) is 20.7 Å². The van der Waals surface area contributed by atoms with Crippen molar-refractivity contribution in [3.8, 4) is 0 Å². The average molecular weight is 295 g/mol. The summed E-state index contributed by atoms with van der Waals surface area (Å²) >= 11 is 0. The standard InChI is InChI=1S/C16H13N3O3/c1-22-16(21)10-4-2-5-11(8-10)19-15(20)13-9-18-14-12(13)6-3-7-17-14/h2-9H,1H3,(H,17,18)(H,19,20). The summed E-state index contributed by atoms with van der Waals surface area (Å²) in [6.45, 7) is 0. The Morgan fingerprint density at radius 3 is 2.91 bits per heavy atom. The fourth-order valence-electron chi connectivity index (χ4n) is 2.18. The first kappa shape index (κ1) is 13.8. The number of pyridine rings is 1. The van der Waals surface area contributed by atoms with Crippen LogP contribution in [-0.2, 0) is 4.74 Å². The summed E-state index contributed by atoms with van der Waals surface area (Å²) in [7, 11) is 1.31. The van der Waals surface area contributed by atoms with Gasteiger partial charge in [-0.1, -0.05) is 6.07 Å². The average Bonchev–Trinajstić information content (AvgIpc) is 2.98. The van der Waals surface area contributed by atoms with Gasteiger partial charge in [0.1, 0.15) is 5.65 Å². The highest BCUT2D eigenvalue weighted by Gasteiger charge is 2.13. The van der Waals surface area contributed by atoms with Crippen LogP contribution >= 0.6 is 0 Å². The Morgan fingerprint density at radius 1 is 1.23 bits per heavy atom. The smallest absolute Gasteiger partial charge is 0.337 e. The number of fused-ring (bicyclic) bond motifs is 1. The highest BCUT2D eigenvalue weighted by Crippen LogP contribution is 2.18. The Balaban J connectivity index is 1.87. The number of methoxy groups -OCH3 is 1. The van der Waals surface area contributed by atoms with E-state index in [0.717, 1.165) is 5.39 Å². The number of carbonyl (C=O) groups is 2. The van der Waals surface area contributed by atoms with Crippen LogP contribution in [0.5, 0.6) is 0 Å². The molecule has 1 aromatic carbocycles. The van der Waals surface area contributed by atoms with Crippen molar-refractivity contribution in [3.05, 3.63) is 59.9 Å². The molecule has 0 fully saturated rings. The number of carbonyl (C=O) groups excluding carboxylic acids is 2. The number of nitrogens with zero attached hydrogens (tertiary/aromatic N) is 1. The van der Waals surface area contributed by atoms with Crippen molar-refractivity contribution in [1.29, 1.82) is 0 Å². The van der Waals surface area contributed by atoms with Crippen LogP contribution in [0.15, 0.2) is 48.8 Å². The highest BCUT2D eigenvalue weighted by atomic mass is 16.5. The SMILES string of the molecule is COC(=O)c1cccc(NC(=O)c2c[nH]c3ncccc23)c1. The Hall–Kier alpha value is -3.15. The largest absolute Gasteiger partial charge is 0.465 e. The first-order chi connectivity index (χ1) is 10.7. The number of aromatic amines is 1. The number of rotatable bonds is 3. The molecule has 0 unspecified atom stereocenters. The predicted octanol–water partition coefficient (Wildman–Crippen LogP) is 2.60. The van der Waals surface area contributed by atoms with Gasteiger partial charge < -0.3 is 15.0 Å². The number of amides is 1. The second-order valence-corrected chi connectivity index (χ2v) is 4.63. The molecule has 0 spiro atoms. The molecule has 2 heterocycles. The number of H-pyrrole nitrogens is 1. The first-order valence-electron chi connectivity index (χ1n) is 6.61. The molecule has 0 atom stereocenters. The molecule has 0 aliphatic heterocycles. The molecule has 6 heteroatoms. The molecular weight excluding hydrogens is 282 g/mol. The fourth-order valence-corrected chi connectivity index (χ4v) is 2.18. The van der Waals surface area contributed by atoms with Crippen LogP contribution in [0.2, 0.25) is 0 Å². The van der Waals surface area contributed by atoms with E-state index in [4.69, 9.17) is 0 Å². The quantitative estimate of drug-likeness (QED) is 0.727. The van der Waals surface area contributed by atoms with Gasteiger partial charge in [0.25, 0.3) is 5.91 Å². The van der Waals surface area contributed by atoms with E-state index in [9.17, 15) is 9.59 Å². The number of aromatic nitrogens is 2. The van der Waals surface area contributed by atoms with Gasteiger partial charge in [0.05, 0.1) is 18.2 Å². The minimum atomic E-state index is -0.451. The van der Waals surface area contributed by atoms with Crippen molar-refractivity contribution in [2.24, 2.45) is 0 Å². The highest BCUT2D eigenvalue weighted by molar-refractivity contribution is 6.12. The second-order valence-electron chi connectivity index (χ2n) is 4.63. The molecule has 0 saturated heterocycles. The summed E-state index contributed by atoms with van der Waals surface area (Å²) in [6.07, 6.45) is 3.26. The zero-order valence-corrected chi connectivity index (χ0v) is 11.8. The lowest BCUT2D eigenvalue weighted by Gasteiger charge is -2.06.